The second-order valence-electron chi connectivity index (χ2n) is 5.13. The van der Waals surface area contributed by atoms with Crippen molar-refractivity contribution in [1.29, 1.82) is 0 Å². The lowest BCUT2D eigenvalue weighted by Gasteiger charge is -2.03. The van der Waals surface area contributed by atoms with Gasteiger partial charge in [-0.15, -0.1) is 0 Å². The lowest BCUT2D eigenvalue weighted by atomic mass is 10.2. The van der Waals surface area contributed by atoms with E-state index >= 15 is 0 Å². The maximum absolute atomic E-state index is 12.0. The van der Waals surface area contributed by atoms with Crippen molar-refractivity contribution < 1.29 is 4.79 Å². The molecule has 7 heteroatoms. The maximum atomic E-state index is 12.0. The van der Waals surface area contributed by atoms with Crippen LogP contribution in [0.1, 0.15) is 16.2 Å². The molecule has 2 N–H and O–H groups in total. The number of carbonyl (C=O) groups excluding carboxylic acids is 1. The second-order valence-corrected chi connectivity index (χ2v) is 6.48. The highest BCUT2D eigenvalue weighted by atomic mass is 79.9. The Kier molecular flexibility index (Phi) is 5.27. The van der Waals surface area contributed by atoms with E-state index in [1.807, 2.05) is 24.3 Å². The Morgan fingerprint density at radius 3 is 2.54 bits per heavy atom. The van der Waals surface area contributed by atoms with Crippen molar-refractivity contribution in [3.05, 3.63) is 69.4 Å². The number of aromatic amines is 1. The third kappa shape index (κ3) is 4.21. The maximum Gasteiger partial charge on any atom is 0.251 e. The number of amides is 1. The molecule has 0 unspecified atom stereocenters. The summed E-state index contributed by atoms with van der Waals surface area (Å²) in [4.78, 5) is 16.4. The summed E-state index contributed by atoms with van der Waals surface area (Å²) in [5, 5.41) is 10.6. The van der Waals surface area contributed by atoms with Crippen molar-refractivity contribution in [1.82, 2.24) is 20.5 Å². The van der Waals surface area contributed by atoms with Gasteiger partial charge < -0.3 is 5.32 Å². The number of halogens is 2. The van der Waals surface area contributed by atoms with Gasteiger partial charge in [0, 0.05) is 33.6 Å². The molecule has 0 saturated heterocycles. The predicted molar refractivity (Wildman–Crippen MR) is 97.0 cm³/mol. The minimum absolute atomic E-state index is 0.111. The molecule has 122 valence electrons. The number of carbonyl (C=O) groups is 1. The highest BCUT2D eigenvalue weighted by molar-refractivity contribution is 9.10. The van der Waals surface area contributed by atoms with Crippen LogP contribution in [0.5, 0.6) is 0 Å². The van der Waals surface area contributed by atoms with E-state index < -0.39 is 0 Å². The van der Waals surface area contributed by atoms with Gasteiger partial charge >= 0.3 is 0 Å². The van der Waals surface area contributed by atoms with E-state index in [0.29, 0.717) is 29.4 Å². The molecule has 1 heterocycles. The molecule has 0 fully saturated rings. The minimum Gasteiger partial charge on any atom is -0.352 e. The number of nitrogens with zero attached hydrogens (tertiary/aromatic N) is 2. The predicted octanol–water partition coefficient (Wildman–Crippen LogP) is 3.86. The van der Waals surface area contributed by atoms with Gasteiger partial charge in [-0.05, 0) is 48.5 Å². The first kappa shape index (κ1) is 16.7. The number of nitrogens with one attached hydrogen (secondary N) is 2. The van der Waals surface area contributed by atoms with Crippen LogP contribution in [0.2, 0.25) is 5.02 Å². The van der Waals surface area contributed by atoms with Crippen LogP contribution in [0.15, 0.2) is 53.0 Å². The van der Waals surface area contributed by atoms with Crippen LogP contribution in [0.4, 0.5) is 0 Å². The van der Waals surface area contributed by atoms with Crippen molar-refractivity contribution in [3.8, 4) is 11.4 Å². The lowest BCUT2D eigenvalue weighted by Crippen LogP contribution is -2.25. The third-order valence-electron chi connectivity index (χ3n) is 3.39. The molecule has 0 aliphatic rings. The van der Waals surface area contributed by atoms with Crippen molar-refractivity contribution >= 4 is 33.4 Å². The van der Waals surface area contributed by atoms with E-state index in [-0.39, 0.29) is 5.91 Å². The zero-order valence-corrected chi connectivity index (χ0v) is 14.9. The molecule has 1 amide bonds. The Balaban J connectivity index is 1.55. The standard InChI is InChI=1S/C17H14BrClN4O/c18-13-5-1-12(2-6-13)17(24)20-10-9-15-21-16(23-22-15)11-3-7-14(19)8-4-11/h1-8H,9-10H2,(H,20,24)(H,21,22,23). The van der Waals surface area contributed by atoms with E-state index in [1.54, 1.807) is 24.3 Å². The van der Waals surface area contributed by atoms with Gasteiger partial charge in [0.1, 0.15) is 5.82 Å². The van der Waals surface area contributed by atoms with Crippen LogP contribution in [0.25, 0.3) is 11.4 Å². The van der Waals surface area contributed by atoms with Gasteiger partial charge in [-0.3, -0.25) is 9.89 Å². The first-order valence-electron chi connectivity index (χ1n) is 7.33. The smallest absolute Gasteiger partial charge is 0.251 e. The molecule has 24 heavy (non-hydrogen) atoms. The van der Waals surface area contributed by atoms with Crippen LogP contribution in [-0.4, -0.2) is 27.6 Å². The minimum atomic E-state index is -0.111. The number of hydrogen-bond acceptors (Lipinski definition) is 3. The molecule has 1 aromatic heterocycles. The molecule has 0 spiro atoms. The molecule has 0 radical (unpaired) electrons. The van der Waals surface area contributed by atoms with E-state index in [9.17, 15) is 4.79 Å². The number of H-pyrrole nitrogens is 1. The summed E-state index contributed by atoms with van der Waals surface area (Å²) in [6, 6.07) is 14.5. The highest BCUT2D eigenvalue weighted by Gasteiger charge is 2.08. The monoisotopic (exact) mass is 404 g/mol. The zero-order chi connectivity index (χ0) is 16.9. The molecule has 0 aliphatic carbocycles. The van der Waals surface area contributed by atoms with Gasteiger partial charge in [0.05, 0.1) is 0 Å². The number of aromatic nitrogens is 3. The summed E-state index contributed by atoms with van der Waals surface area (Å²) in [5.74, 6) is 1.22. The fraction of sp³-hybridized carbons (Fsp3) is 0.118. The fourth-order valence-corrected chi connectivity index (χ4v) is 2.52. The first-order valence-corrected chi connectivity index (χ1v) is 8.50. The lowest BCUT2D eigenvalue weighted by molar-refractivity contribution is 0.0954. The number of hydrogen-bond donors (Lipinski definition) is 2. The van der Waals surface area contributed by atoms with Gasteiger partial charge in [0.25, 0.3) is 5.91 Å². The van der Waals surface area contributed by atoms with Crippen molar-refractivity contribution in [3.63, 3.8) is 0 Å². The Bertz CT molecular complexity index is 831. The summed E-state index contributed by atoms with van der Waals surface area (Å²) in [6.07, 6.45) is 0.572. The van der Waals surface area contributed by atoms with Gasteiger partial charge in [0.15, 0.2) is 5.82 Å². The molecule has 0 atom stereocenters. The molecule has 0 bridgehead atoms. The third-order valence-corrected chi connectivity index (χ3v) is 4.17. The zero-order valence-electron chi connectivity index (χ0n) is 12.6. The van der Waals surface area contributed by atoms with Gasteiger partial charge in [-0.25, -0.2) is 4.98 Å². The summed E-state index contributed by atoms with van der Waals surface area (Å²) < 4.78 is 0.940. The highest BCUT2D eigenvalue weighted by Crippen LogP contribution is 2.17. The second kappa shape index (κ2) is 7.59. The molecule has 3 aromatic rings. The van der Waals surface area contributed by atoms with E-state index in [1.165, 1.54) is 0 Å². The van der Waals surface area contributed by atoms with Gasteiger partial charge in [-0.2, -0.15) is 5.10 Å². The van der Waals surface area contributed by atoms with Crippen molar-refractivity contribution in [2.75, 3.05) is 6.54 Å². The average Bonchev–Trinajstić information content (AvgIpc) is 3.05. The SMILES string of the molecule is O=C(NCCc1nc(-c2ccc(Cl)cc2)n[nH]1)c1ccc(Br)cc1. The van der Waals surface area contributed by atoms with Gasteiger partial charge in [0.2, 0.25) is 0 Å². The summed E-state index contributed by atoms with van der Waals surface area (Å²) >= 11 is 9.22. The van der Waals surface area contributed by atoms with Crippen molar-refractivity contribution in [2.24, 2.45) is 0 Å². The van der Waals surface area contributed by atoms with E-state index in [2.05, 4.69) is 36.4 Å². The summed E-state index contributed by atoms with van der Waals surface area (Å²) in [5.41, 5.74) is 1.51. The molecule has 0 aliphatic heterocycles. The van der Waals surface area contributed by atoms with E-state index in [4.69, 9.17) is 11.6 Å². The van der Waals surface area contributed by atoms with Crippen LogP contribution in [-0.2, 0) is 6.42 Å². The number of rotatable bonds is 5. The molecule has 0 saturated carbocycles. The molecular weight excluding hydrogens is 392 g/mol. The summed E-state index contributed by atoms with van der Waals surface area (Å²) in [6.45, 7) is 0.476. The largest absolute Gasteiger partial charge is 0.352 e. The van der Waals surface area contributed by atoms with Crippen LogP contribution in [0.3, 0.4) is 0 Å². The van der Waals surface area contributed by atoms with Crippen LogP contribution >= 0.6 is 27.5 Å². The van der Waals surface area contributed by atoms with Crippen LogP contribution < -0.4 is 5.32 Å². The topological polar surface area (TPSA) is 70.7 Å². The fourth-order valence-electron chi connectivity index (χ4n) is 2.13. The molecule has 3 rings (SSSR count). The first-order chi connectivity index (χ1) is 11.6. The number of benzene rings is 2. The normalized spacial score (nSPS) is 10.6. The van der Waals surface area contributed by atoms with Gasteiger partial charge in [-0.1, -0.05) is 27.5 Å². The summed E-state index contributed by atoms with van der Waals surface area (Å²) in [7, 11) is 0. The average molecular weight is 406 g/mol. The van der Waals surface area contributed by atoms with Crippen molar-refractivity contribution in [2.45, 2.75) is 6.42 Å². The Morgan fingerprint density at radius 1 is 1.12 bits per heavy atom. The van der Waals surface area contributed by atoms with Crippen LogP contribution in [0, 0.1) is 0 Å². The van der Waals surface area contributed by atoms with E-state index in [0.717, 1.165) is 15.9 Å². The molecule has 2 aromatic carbocycles. The molecular formula is C17H14BrClN4O. The Hall–Kier alpha value is -2.18. The molecule has 5 nitrogen and oxygen atoms in total. The quantitative estimate of drug-likeness (QED) is 0.677. The Labute approximate surface area is 152 Å². The Morgan fingerprint density at radius 2 is 1.83 bits per heavy atom.